The smallest absolute Gasteiger partial charge is 0.0826 e. The minimum absolute atomic E-state index is 0.280. The van der Waals surface area contributed by atoms with E-state index in [1.807, 2.05) is 0 Å². The number of morpholine rings is 1. The van der Waals surface area contributed by atoms with Gasteiger partial charge in [-0.15, -0.1) is 0 Å². The fourth-order valence-electron chi connectivity index (χ4n) is 3.36. The fraction of sp³-hybridized carbons (Fsp3) is 0.550. The van der Waals surface area contributed by atoms with E-state index < -0.39 is 0 Å². The topological polar surface area (TPSA) is 42.3 Å². The summed E-state index contributed by atoms with van der Waals surface area (Å²) in [6, 6.07) is 8.68. The Morgan fingerprint density at radius 3 is 2.68 bits per heavy atom. The molecular formula is C20H30N4O. The van der Waals surface area contributed by atoms with Crippen LogP contribution in [0.2, 0.25) is 0 Å². The molecule has 0 saturated carbocycles. The van der Waals surface area contributed by atoms with Crippen LogP contribution >= 0.6 is 0 Å². The molecule has 1 unspecified atom stereocenters. The Balaban J connectivity index is 1.58. The van der Waals surface area contributed by atoms with Crippen molar-refractivity contribution in [3.8, 4) is 0 Å². The van der Waals surface area contributed by atoms with Gasteiger partial charge in [-0.25, -0.2) is 0 Å². The summed E-state index contributed by atoms with van der Waals surface area (Å²) in [4.78, 5) is 2.33. The number of hydrogen-bond acceptors (Lipinski definition) is 4. The van der Waals surface area contributed by atoms with Crippen LogP contribution in [0.3, 0.4) is 0 Å². The van der Waals surface area contributed by atoms with E-state index in [9.17, 15) is 0 Å². The molecule has 1 saturated heterocycles. The first-order valence-electron chi connectivity index (χ1n) is 9.12. The zero-order chi connectivity index (χ0) is 17.8. The van der Waals surface area contributed by atoms with E-state index in [1.165, 1.54) is 22.4 Å². The monoisotopic (exact) mass is 342 g/mol. The molecule has 0 radical (unpaired) electrons. The maximum Gasteiger partial charge on any atom is 0.0826 e. The second-order valence-electron chi connectivity index (χ2n) is 7.18. The molecule has 2 aromatic rings. The van der Waals surface area contributed by atoms with E-state index in [2.05, 4.69) is 67.0 Å². The molecule has 2 heterocycles. The lowest BCUT2D eigenvalue weighted by Gasteiger charge is -2.30. The largest absolute Gasteiger partial charge is 0.374 e. The van der Waals surface area contributed by atoms with Crippen molar-refractivity contribution in [3.05, 3.63) is 52.3 Å². The summed E-state index contributed by atoms with van der Waals surface area (Å²) in [7, 11) is 2.15. The van der Waals surface area contributed by atoms with E-state index in [4.69, 9.17) is 9.84 Å². The van der Waals surface area contributed by atoms with Gasteiger partial charge in [0, 0.05) is 37.4 Å². The molecule has 0 spiro atoms. The summed E-state index contributed by atoms with van der Waals surface area (Å²) in [6.07, 6.45) is 0.280. The number of nitrogens with one attached hydrogen (secondary N) is 1. The zero-order valence-corrected chi connectivity index (χ0v) is 15.9. The molecule has 1 fully saturated rings. The normalized spacial score (nSPS) is 18.6. The second kappa shape index (κ2) is 8.13. The molecule has 3 rings (SSSR count). The lowest BCUT2D eigenvalue weighted by atomic mass is 10.1. The van der Waals surface area contributed by atoms with Crippen molar-refractivity contribution < 1.29 is 4.74 Å². The highest BCUT2D eigenvalue weighted by Gasteiger charge is 2.18. The zero-order valence-electron chi connectivity index (χ0n) is 15.9. The van der Waals surface area contributed by atoms with Gasteiger partial charge < -0.3 is 15.0 Å². The summed E-state index contributed by atoms with van der Waals surface area (Å²) in [5.41, 5.74) is 6.23. The molecule has 1 atom stereocenters. The van der Waals surface area contributed by atoms with Gasteiger partial charge >= 0.3 is 0 Å². The third kappa shape index (κ3) is 4.69. The van der Waals surface area contributed by atoms with Crippen molar-refractivity contribution in [2.75, 3.05) is 33.3 Å². The van der Waals surface area contributed by atoms with Crippen LogP contribution in [0.15, 0.2) is 24.3 Å². The van der Waals surface area contributed by atoms with Crippen molar-refractivity contribution in [2.45, 2.75) is 40.0 Å². The van der Waals surface area contributed by atoms with E-state index in [-0.39, 0.29) is 6.10 Å². The molecular weight excluding hydrogens is 312 g/mol. The number of hydrogen-bond donors (Lipinski definition) is 1. The molecule has 0 bridgehead atoms. The fourth-order valence-corrected chi connectivity index (χ4v) is 3.36. The average molecular weight is 342 g/mol. The number of ether oxygens (including phenoxy) is 1. The van der Waals surface area contributed by atoms with Crippen LogP contribution in [0.4, 0.5) is 0 Å². The van der Waals surface area contributed by atoms with E-state index >= 15 is 0 Å². The van der Waals surface area contributed by atoms with Crippen LogP contribution in [0.5, 0.6) is 0 Å². The molecule has 1 aromatic carbocycles. The summed E-state index contributed by atoms with van der Waals surface area (Å²) in [5.74, 6) is 0. The highest BCUT2D eigenvalue weighted by Crippen LogP contribution is 2.15. The Bertz CT molecular complexity index is 692. The van der Waals surface area contributed by atoms with Gasteiger partial charge in [-0.05, 0) is 33.4 Å². The van der Waals surface area contributed by atoms with Gasteiger partial charge in [0.15, 0.2) is 0 Å². The number of nitrogens with zero attached hydrogens (tertiary/aromatic N) is 3. The van der Waals surface area contributed by atoms with Gasteiger partial charge in [0.05, 0.1) is 24.9 Å². The Labute approximate surface area is 151 Å². The Hall–Kier alpha value is -1.69. The highest BCUT2D eigenvalue weighted by atomic mass is 16.5. The Morgan fingerprint density at radius 1 is 1.20 bits per heavy atom. The number of rotatable bonds is 6. The van der Waals surface area contributed by atoms with Crippen LogP contribution in [0.1, 0.15) is 28.1 Å². The van der Waals surface area contributed by atoms with Crippen LogP contribution < -0.4 is 5.32 Å². The second-order valence-corrected chi connectivity index (χ2v) is 7.18. The van der Waals surface area contributed by atoms with Gasteiger partial charge in [0.1, 0.15) is 0 Å². The van der Waals surface area contributed by atoms with Crippen LogP contribution in [-0.4, -0.2) is 54.1 Å². The van der Waals surface area contributed by atoms with Gasteiger partial charge in [-0.1, -0.05) is 29.8 Å². The van der Waals surface area contributed by atoms with Crippen molar-refractivity contribution >= 4 is 0 Å². The third-order valence-corrected chi connectivity index (χ3v) is 5.00. The van der Waals surface area contributed by atoms with Gasteiger partial charge in [-0.2, -0.15) is 5.10 Å². The minimum Gasteiger partial charge on any atom is -0.374 e. The molecule has 136 valence electrons. The predicted molar refractivity (Wildman–Crippen MR) is 101 cm³/mol. The predicted octanol–water partition coefficient (Wildman–Crippen LogP) is 2.28. The summed E-state index contributed by atoms with van der Waals surface area (Å²) in [6.45, 7) is 11.8. The first kappa shape index (κ1) is 18.1. The van der Waals surface area contributed by atoms with Gasteiger partial charge in [0.25, 0.3) is 0 Å². The third-order valence-electron chi connectivity index (χ3n) is 5.00. The lowest BCUT2D eigenvalue weighted by molar-refractivity contribution is -0.0182. The quantitative estimate of drug-likeness (QED) is 0.875. The first-order chi connectivity index (χ1) is 12.0. The van der Waals surface area contributed by atoms with Crippen LogP contribution in [0.25, 0.3) is 0 Å². The molecule has 1 aromatic heterocycles. The van der Waals surface area contributed by atoms with Crippen molar-refractivity contribution in [3.63, 3.8) is 0 Å². The Kier molecular flexibility index (Phi) is 5.89. The number of likely N-dealkylation sites (N-methyl/N-ethyl adjacent to an activating group) is 1. The SMILES string of the molecule is Cc1ccc(Cn2nc(C)c(CNCC3CN(C)CCO3)c2C)cc1. The molecule has 0 amide bonds. The molecule has 1 N–H and O–H groups in total. The minimum atomic E-state index is 0.280. The summed E-state index contributed by atoms with van der Waals surface area (Å²) in [5, 5.41) is 8.30. The first-order valence-corrected chi connectivity index (χ1v) is 9.12. The molecule has 25 heavy (non-hydrogen) atoms. The maximum absolute atomic E-state index is 5.82. The van der Waals surface area contributed by atoms with E-state index in [0.29, 0.717) is 0 Å². The number of benzene rings is 1. The Morgan fingerprint density at radius 2 is 1.96 bits per heavy atom. The number of aromatic nitrogens is 2. The van der Waals surface area contributed by atoms with E-state index in [0.717, 1.165) is 45.0 Å². The van der Waals surface area contributed by atoms with Crippen molar-refractivity contribution in [1.29, 1.82) is 0 Å². The van der Waals surface area contributed by atoms with Crippen LogP contribution in [-0.2, 0) is 17.8 Å². The maximum atomic E-state index is 5.82. The standard InChI is InChI=1S/C20H30N4O/c1-15-5-7-18(8-6-15)13-24-17(3)20(16(2)22-24)12-21-11-19-14-23(4)9-10-25-19/h5-8,19,21H,9-14H2,1-4H3. The lowest BCUT2D eigenvalue weighted by Crippen LogP contribution is -2.44. The van der Waals surface area contributed by atoms with Gasteiger partial charge in [-0.3, -0.25) is 4.68 Å². The highest BCUT2D eigenvalue weighted by molar-refractivity contribution is 5.27. The number of aryl methyl sites for hydroxylation is 2. The van der Waals surface area contributed by atoms with E-state index in [1.54, 1.807) is 0 Å². The molecule has 5 heteroatoms. The van der Waals surface area contributed by atoms with Crippen molar-refractivity contribution in [1.82, 2.24) is 20.0 Å². The summed E-state index contributed by atoms with van der Waals surface area (Å²) < 4.78 is 7.93. The molecule has 1 aliphatic heterocycles. The summed E-state index contributed by atoms with van der Waals surface area (Å²) >= 11 is 0. The van der Waals surface area contributed by atoms with Crippen molar-refractivity contribution in [2.24, 2.45) is 0 Å². The van der Waals surface area contributed by atoms with Crippen LogP contribution in [0, 0.1) is 20.8 Å². The molecule has 5 nitrogen and oxygen atoms in total. The average Bonchev–Trinajstić information content (AvgIpc) is 2.84. The molecule has 1 aliphatic rings. The molecule has 0 aliphatic carbocycles. The van der Waals surface area contributed by atoms with Gasteiger partial charge in [0.2, 0.25) is 0 Å².